The highest BCUT2D eigenvalue weighted by molar-refractivity contribution is 6.31. The molecule has 88 valence electrons. The molecule has 0 saturated heterocycles. The van der Waals surface area contributed by atoms with E-state index in [1.54, 1.807) is 0 Å². The van der Waals surface area contributed by atoms with E-state index in [9.17, 15) is 4.79 Å². The zero-order valence-electron chi connectivity index (χ0n) is 9.70. The number of nitrogens with zero attached hydrogens (tertiary/aromatic N) is 1. The highest BCUT2D eigenvalue weighted by atomic mass is 35.5. The molecule has 0 radical (unpaired) electrons. The summed E-state index contributed by atoms with van der Waals surface area (Å²) in [5.41, 5.74) is 1.95. The minimum atomic E-state index is -0.793. The minimum Gasteiger partial charge on any atom is -0.481 e. The van der Waals surface area contributed by atoms with E-state index in [1.165, 1.54) is 0 Å². The van der Waals surface area contributed by atoms with Crippen LogP contribution in [0.3, 0.4) is 0 Å². The lowest BCUT2D eigenvalue weighted by molar-refractivity contribution is -0.137. The smallest absolute Gasteiger partial charge is 0.305 e. The van der Waals surface area contributed by atoms with Crippen molar-refractivity contribution in [3.63, 3.8) is 0 Å². The highest BCUT2D eigenvalue weighted by Gasteiger charge is 2.15. The molecule has 1 rings (SSSR count). The molecule has 1 aromatic rings. The number of hydrogen-bond acceptors (Lipinski definition) is 2. The molecular formula is C12H16ClNO2. The van der Waals surface area contributed by atoms with Crippen LogP contribution in [0.5, 0.6) is 0 Å². The van der Waals surface area contributed by atoms with Crippen molar-refractivity contribution in [1.29, 1.82) is 0 Å². The second kappa shape index (κ2) is 5.21. The summed E-state index contributed by atoms with van der Waals surface area (Å²) in [5.74, 6) is -0.793. The molecule has 0 saturated carbocycles. The molecule has 0 amide bonds. The summed E-state index contributed by atoms with van der Waals surface area (Å²) in [5, 5.41) is 9.45. The summed E-state index contributed by atoms with van der Waals surface area (Å²) in [7, 11) is 1.88. The molecule has 0 aromatic heterocycles. The van der Waals surface area contributed by atoms with E-state index >= 15 is 0 Å². The number of anilines is 1. The monoisotopic (exact) mass is 241 g/mol. The fourth-order valence-corrected chi connectivity index (χ4v) is 1.77. The molecule has 1 atom stereocenters. The first-order valence-electron chi connectivity index (χ1n) is 5.13. The van der Waals surface area contributed by atoms with Crippen LogP contribution in [0.15, 0.2) is 18.2 Å². The van der Waals surface area contributed by atoms with Crippen molar-refractivity contribution in [2.45, 2.75) is 26.3 Å². The second-order valence-electron chi connectivity index (χ2n) is 3.94. The average Bonchev–Trinajstić information content (AvgIpc) is 2.20. The summed E-state index contributed by atoms with van der Waals surface area (Å²) in [6.07, 6.45) is 0.114. The lowest BCUT2D eigenvalue weighted by Crippen LogP contribution is -2.31. The summed E-state index contributed by atoms with van der Waals surface area (Å²) in [4.78, 5) is 12.6. The Balaban J connectivity index is 2.91. The van der Waals surface area contributed by atoms with Crippen LogP contribution >= 0.6 is 11.6 Å². The largest absolute Gasteiger partial charge is 0.481 e. The Labute approximate surface area is 101 Å². The van der Waals surface area contributed by atoms with Crippen LogP contribution < -0.4 is 4.90 Å². The van der Waals surface area contributed by atoms with Crippen molar-refractivity contribution in [2.24, 2.45) is 0 Å². The standard InChI is InChI=1S/C12H16ClNO2/c1-8(7-12(15)16)14(3)11-6-4-5-10(13)9(11)2/h4-6,8H,7H2,1-3H3,(H,15,16). The molecule has 0 aliphatic rings. The number of halogens is 1. The van der Waals surface area contributed by atoms with Gasteiger partial charge < -0.3 is 10.0 Å². The molecule has 0 heterocycles. The third-order valence-electron chi connectivity index (χ3n) is 2.75. The van der Waals surface area contributed by atoms with Gasteiger partial charge in [-0.3, -0.25) is 4.79 Å². The first-order chi connectivity index (χ1) is 7.43. The average molecular weight is 242 g/mol. The molecular weight excluding hydrogens is 226 g/mol. The maximum atomic E-state index is 10.6. The van der Waals surface area contributed by atoms with Gasteiger partial charge in [-0.05, 0) is 31.5 Å². The van der Waals surface area contributed by atoms with Gasteiger partial charge in [0.1, 0.15) is 0 Å². The summed E-state index contributed by atoms with van der Waals surface area (Å²) in [6, 6.07) is 5.58. The maximum absolute atomic E-state index is 10.6. The Morgan fingerprint density at radius 3 is 2.75 bits per heavy atom. The summed E-state index contributed by atoms with van der Waals surface area (Å²) < 4.78 is 0. The van der Waals surface area contributed by atoms with Gasteiger partial charge in [0.25, 0.3) is 0 Å². The van der Waals surface area contributed by atoms with Crippen LogP contribution in [0.4, 0.5) is 5.69 Å². The van der Waals surface area contributed by atoms with Crippen molar-refractivity contribution < 1.29 is 9.90 Å². The fraction of sp³-hybridized carbons (Fsp3) is 0.417. The van der Waals surface area contributed by atoms with Crippen LogP contribution in [0.1, 0.15) is 18.9 Å². The quantitative estimate of drug-likeness (QED) is 0.881. The molecule has 1 unspecified atom stereocenters. The second-order valence-corrected chi connectivity index (χ2v) is 4.35. The lowest BCUT2D eigenvalue weighted by atomic mass is 10.1. The van der Waals surface area contributed by atoms with Crippen LogP contribution in [-0.4, -0.2) is 24.2 Å². The molecule has 16 heavy (non-hydrogen) atoms. The van der Waals surface area contributed by atoms with Gasteiger partial charge in [0, 0.05) is 23.8 Å². The molecule has 0 aliphatic heterocycles. The van der Waals surface area contributed by atoms with Crippen molar-refractivity contribution in [3.8, 4) is 0 Å². The van der Waals surface area contributed by atoms with E-state index in [4.69, 9.17) is 16.7 Å². The predicted octanol–water partition coefficient (Wildman–Crippen LogP) is 2.95. The molecule has 0 aliphatic carbocycles. The molecule has 1 aromatic carbocycles. The first-order valence-corrected chi connectivity index (χ1v) is 5.51. The van der Waals surface area contributed by atoms with E-state index in [-0.39, 0.29) is 12.5 Å². The Morgan fingerprint density at radius 1 is 1.56 bits per heavy atom. The third kappa shape index (κ3) is 2.89. The summed E-state index contributed by atoms with van der Waals surface area (Å²) >= 11 is 6.03. The van der Waals surface area contributed by atoms with Crippen molar-refractivity contribution >= 4 is 23.3 Å². The number of benzene rings is 1. The van der Waals surface area contributed by atoms with Gasteiger partial charge in [-0.25, -0.2) is 0 Å². The normalized spacial score (nSPS) is 12.2. The Hall–Kier alpha value is -1.22. The van der Waals surface area contributed by atoms with E-state index in [0.717, 1.165) is 11.3 Å². The van der Waals surface area contributed by atoms with Gasteiger partial charge >= 0.3 is 5.97 Å². The number of hydrogen-bond donors (Lipinski definition) is 1. The maximum Gasteiger partial charge on any atom is 0.305 e. The van der Waals surface area contributed by atoms with Crippen LogP contribution in [0.2, 0.25) is 5.02 Å². The van der Waals surface area contributed by atoms with E-state index in [2.05, 4.69) is 0 Å². The Bertz CT molecular complexity index is 393. The fourth-order valence-electron chi connectivity index (χ4n) is 1.61. The molecule has 0 spiro atoms. The third-order valence-corrected chi connectivity index (χ3v) is 3.16. The van der Waals surface area contributed by atoms with Crippen molar-refractivity contribution in [1.82, 2.24) is 0 Å². The predicted molar refractivity (Wildman–Crippen MR) is 66.3 cm³/mol. The van der Waals surface area contributed by atoms with E-state index in [1.807, 2.05) is 44.0 Å². The Morgan fingerprint density at radius 2 is 2.19 bits per heavy atom. The molecule has 0 fully saturated rings. The van der Waals surface area contributed by atoms with Gasteiger partial charge in [0.15, 0.2) is 0 Å². The molecule has 1 N–H and O–H groups in total. The van der Waals surface area contributed by atoms with Crippen LogP contribution in [-0.2, 0) is 4.79 Å². The van der Waals surface area contributed by atoms with Crippen LogP contribution in [0.25, 0.3) is 0 Å². The minimum absolute atomic E-state index is 0.0605. The van der Waals surface area contributed by atoms with Gasteiger partial charge in [0.2, 0.25) is 0 Å². The van der Waals surface area contributed by atoms with Crippen molar-refractivity contribution in [2.75, 3.05) is 11.9 Å². The number of carboxylic acids is 1. The first kappa shape index (κ1) is 12.8. The number of rotatable bonds is 4. The van der Waals surface area contributed by atoms with Gasteiger partial charge in [-0.2, -0.15) is 0 Å². The number of aliphatic carboxylic acids is 1. The van der Waals surface area contributed by atoms with Gasteiger partial charge in [0.05, 0.1) is 6.42 Å². The zero-order valence-corrected chi connectivity index (χ0v) is 10.5. The number of carbonyl (C=O) groups is 1. The molecule has 4 heteroatoms. The number of carboxylic acid groups (broad SMARTS) is 1. The van der Waals surface area contributed by atoms with Gasteiger partial charge in [-0.1, -0.05) is 17.7 Å². The highest BCUT2D eigenvalue weighted by Crippen LogP contribution is 2.27. The van der Waals surface area contributed by atoms with Crippen molar-refractivity contribution in [3.05, 3.63) is 28.8 Å². The van der Waals surface area contributed by atoms with Gasteiger partial charge in [-0.15, -0.1) is 0 Å². The zero-order chi connectivity index (χ0) is 12.3. The van der Waals surface area contributed by atoms with E-state index in [0.29, 0.717) is 5.02 Å². The topological polar surface area (TPSA) is 40.5 Å². The van der Waals surface area contributed by atoms with Crippen LogP contribution in [0, 0.1) is 6.92 Å². The lowest BCUT2D eigenvalue weighted by Gasteiger charge is -2.27. The van der Waals surface area contributed by atoms with E-state index < -0.39 is 5.97 Å². The summed E-state index contributed by atoms with van der Waals surface area (Å²) in [6.45, 7) is 3.82. The molecule has 0 bridgehead atoms. The Kier molecular flexibility index (Phi) is 4.19. The SMILES string of the molecule is Cc1c(Cl)cccc1N(C)C(C)CC(=O)O. The molecule has 3 nitrogen and oxygen atoms in total.